The fourth-order valence-corrected chi connectivity index (χ4v) is 1.72. The second kappa shape index (κ2) is 4.21. The van der Waals surface area contributed by atoms with E-state index in [0.29, 0.717) is 15.9 Å². The van der Waals surface area contributed by atoms with Gasteiger partial charge in [-0.15, -0.1) is 0 Å². The van der Waals surface area contributed by atoms with Gasteiger partial charge < -0.3 is 4.74 Å². The quantitative estimate of drug-likeness (QED) is 0.590. The van der Waals surface area contributed by atoms with E-state index in [2.05, 4.69) is 20.9 Å². The van der Waals surface area contributed by atoms with Crippen LogP contribution in [0.3, 0.4) is 0 Å². The van der Waals surface area contributed by atoms with E-state index in [-0.39, 0.29) is 0 Å². The molecule has 0 radical (unpaired) electrons. The molecule has 0 unspecified atom stereocenters. The Morgan fingerprint density at radius 1 is 1.54 bits per heavy atom. The molecule has 0 saturated carbocycles. The summed E-state index contributed by atoms with van der Waals surface area (Å²) in [5, 5.41) is 0. The van der Waals surface area contributed by atoms with Crippen LogP contribution >= 0.6 is 15.9 Å². The summed E-state index contributed by atoms with van der Waals surface area (Å²) in [6.07, 6.45) is 1.49. The van der Waals surface area contributed by atoms with Gasteiger partial charge in [-0.05, 0) is 34.5 Å². The number of nitrogens with zero attached hydrogens (tertiary/aromatic N) is 1. The van der Waals surface area contributed by atoms with Crippen molar-refractivity contribution in [1.29, 1.82) is 0 Å². The summed E-state index contributed by atoms with van der Waals surface area (Å²) in [6, 6.07) is 3.56. The molecule has 0 fully saturated rings. The van der Waals surface area contributed by atoms with Crippen LogP contribution in [0.5, 0.6) is 5.75 Å². The lowest BCUT2D eigenvalue weighted by Gasteiger charge is -2.07. The molecule has 0 aliphatic heterocycles. The highest BCUT2D eigenvalue weighted by atomic mass is 79.9. The van der Waals surface area contributed by atoms with Crippen molar-refractivity contribution in [2.24, 2.45) is 4.99 Å². The number of aryl methyl sites for hydroxylation is 1. The summed E-state index contributed by atoms with van der Waals surface area (Å²) in [6.45, 7) is 1.91. The summed E-state index contributed by atoms with van der Waals surface area (Å²) >= 11 is 3.30. The van der Waals surface area contributed by atoms with Crippen molar-refractivity contribution in [3.05, 3.63) is 22.2 Å². The van der Waals surface area contributed by atoms with Crippen molar-refractivity contribution in [2.45, 2.75) is 6.92 Å². The highest BCUT2D eigenvalue weighted by Gasteiger charge is 2.08. The molecular formula is C9H8BrNO2. The summed E-state index contributed by atoms with van der Waals surface area (Å²) in [5.41, 5.74) is 1.51. The van der Waals surface area contributed by atoms with Crippen LogP contribution in [0.1, 0.15) is 5.56 Å². The molecule has 1 rings (SSSR count). The molecule has 0 aromatic heterocycles. The molecule has 0 bridgehead atoms. The lowest BCUT2D eigenvalue weighted by Crippen LogP contribution is -1.88. The number of ether oxygens (including phenoxy) is 1. The normalized spacial score (nSPS) is 9.15. The number of rotatable bonds is 2. The minimum Gasteiger partial charge on any atom is -0.495 e. The molecule has 13 heavy (non-hydrogen) atoms. The van der Waals surface area contributed by atoms with E-state index in [0.717, 1.165) is 5.56 Å². The number of hydrogen-bond donors (Lipinski definition) is 0. The molecule has 3 nitrogen and oxygen atoms in total. The van der Waals surface area contributed by atoms with Crippen molar-refractivity contribution in [1.82, 2.24) is 0 Å². The number of halogens is 1. The second-order valence-corrected chi connectivity index (χ2v) is 3.24. The molecule has 1 aromatic rings. The Morgan fingerprint density at radius 2 is 2.23 bits per heavy atom. The second-order valence-electron chi connectivity index (χ2n) is 2.45. The van der Waals surface area contributed by atoms with Crippen LogP contribution in [0.4, 0.5) is 5.69 Å². The van der Waals surface area contributed by atoms with Crippen LogP contribution in [-0.2, 0) is 4.79 Å². The average molecular weight is 242 g/mol. The third-order valence-corrected chi connectivity index (χ3v) is 2.41. The molecule has 4 heteroatoms. The minimum atomic E-state index is 0.525. The van der Waals surface area contributed by atoms with E-state index in [1.54, 1.807) is 13.2 Å². The van der Waals surface area contributed by atoms with Gasteiger partial charge in [0.05, 0.1) is 17.3 Å². The minimum absolute atomic E-state index is 0.525. The van der Waals surface area contributed by atoms with Gasteiger partial charge in [-0.3, -0.25) is 0 Å². The van der Waals surface area contributed by atoms with Gasteiger partial charge >= 0.3 is 0 Å². The largest absolute Gasteiger partial charge is 0.495 e. The molecule has 0 heterocycles. The Kier molecular flexibility index (Phi) is 3.23. The molecule has 0 aliphatic carbocycles. The lowest BCUT2D eigenvalue weighted by atomic mass is 10.2. The number of aliphatic imine (C=N–C) groups is 1. The van der Waals surface area contributed by atoms with E-state index >= 15 is 0 Å². The van der Waals surface area contributed by atoms with Gasteiger partial charge in [0.2, 0.25) is 6.08 Å². The van der Waals surface area contributed by atoms with E-state index in [4.69, 9.17) is 4.74 Å². The molecule has 0 saturated heterocycles. The van der Waals surface area contributed by atoms with E-state index in [1.807, 2.05) is 13.0 Å². The molecule has 0 atom stereocenters. The number of hydrogen-bond acceptors (Lipinski definition) is 3. The SMILES string of the molecule is COc1c(C)ccc(N=C=O)c1Br. The van der Waals surface area contributed by atoms with Crippen molar-refractivity contribution in [2.75, 3.05) is 7.11 Å². The molecule has 68 valence electrons. The van der Waals surface area contributed by atoms with Crippen LogP contribution in [-0.4, -0.2) is 13.2 Å². The first kappa shape index (κ1) is 9.96. The number of benzene rings is 1. The zero-order valence-electron chi connectivity index (χ0n) is 7.30. The maximum Gasteiger partial charge on any atom is 0.240 e. The Bertz CT molecular complexity index is 370. The zero-order valence-corrected chi connectivity index (χ0v) is 8.88. The molecule has 1 aromatic carbocycles. The Morgan fingerprint density at radius 3 is 2.77 bits per heavy atom. The van der Waals surface area contributed by atoms with Crippen LogP contribution in [0, 0.1) is 6.92 Å². The van der Waals surface area contributed by atoms with E-state index in [1.165, 1.54) is 6.08 Å². The zero-order chi connectivity index (χ0) is 9.84. The fraction of sp³-hybridized carbons (Fsp3) is 0.222. The lowest BCUT2D eigenvalue weighted by molar-refractivity contribution is 0.409. The smallest absolute Gasteiger partial charge is 0.240 e. The van der Waals surface area contributed by atoms with Gasteiger partial charge in [0.1, 0.15) is 5.75 Å². The van der Waals surface area contributed by atoms with Crippen LogP contribution < -0.4 is 4.74 Å². The van der Waals surface area contributed by atoms with Gasteiger partial charge in [-0.1, -0.05) is 6.07 Å². The first-order chi connectivity index (χ1) is 6.20. The standard InChI is InChI=1S/C9H8BrNO2/c1-6-3-4-7(11-5-12)8(10)9(6)13-2/h3-4H,1-2H3. The molecular weight excluding hydrogens is 234 g/mol. The van der Waals surface area contributed by atoms with E-state index in [9.17, 15) is 4.79 Å². The summed E-state index contributed by atoms with van der Waals surface area (Å²) in [7, 11) is 1.57. The topological polar surface area (TPSA) is 38.7 Å². The van der Waals surface area contributed by atoms with E-state index < -0.39 is 0 Å². The fourth-order valence-electron chi connectivity index (χ4n) is 1.03. The number of isocyanates is 1. The summed E-state index contributed by atoms with van der Waals surface area (Å²) < 4.78 is 5.81. The molecule has 0 aliphatic rings. The Hall–Kier alpha value is -1.12. The third-order valence-electron chi connectivity index (χ3n) is 1.64. The first-order valence-electron chi connectivity index (χ1n) is 3.61. The van der Waals surface area contributed by atoms with Crippen LogP contribution in [0.25, 0.3) is 0 Å². The highest BCUT2D eigenvalue weighted by molar-refractivity contribution is 9.10. The van der Waals surface area contributed by atoms with Crippen molar-refractivity contribution < 1.29 is 9.53 Å². The maximum atomic E-state index is 10.1. The number of carbonyl (C=O) groups excluding carboxylic acids is 1. The van der Waals surface area contributed by atoms with Gasteiger partial charge in [-0.25, -0.2) is 4.79 Å². The van der Waals surface area contributed by atoms with Gasteiger partial charge in [-0.2, -0.15) is 4.99 Å². The average Bonchev–Trinajstić information content (AvgIpc) is 2.11. The first-order valence-corrected chi connectivity index (χ1v) is 4.41. The summed E-state index contributed by atoms with van der Waals surface area (Å²) in [5.74, 6) is 0.691. The Balaban J connectivity index is 3.35. The van der Waals surface area contributed by atoms with Gasteiger partial charge in [0.15, 0.2) is 0 Å². The number of methoxy groups -OCH3 is 1. The van der Waals surface area contributed by atoms with Crippen molar-refractivity contribution in [3.8, 4) is 5.75 Å². The molecule has 0 N–H and O–H groups in total. The van der Waals surface area contributed by atoms with Gasteiger partial charge in [0, 0.05) is 0 Å². The van der Waals surface area contributed by atoms with Crippen molar-refractivity contribution in [3.63, 3.8) is 0 Å². The van der Waals surface area contributed by atoms with Crippen molar-refractivity contribution >= 4 is 27.7 Å². The van der Waals surface area contributed by atoms with Gasteiger partial charge in [0.25, 0.3) is 0 Å². The molecule has 0 spiro atoms. The Labute approximate surface area is 84.6 Å². The maximum absolute atomic E-state index is 10.1. The monoisotopic (exact) mass is 241 g/mol. The summed E-state index contributed by atoms with van der Waals surface area (Å²) in [4.78, 5) is 13.6. The van der Waals surface area contributed by atoms with Crippen LogP contribution in [0.15, 0.2) is 21.6 Å². The molecule has 0 amide bonds. The predicted molar refractivity (Wildman–Crippen MR) is 53.2 cm³/mol. The van der Waals surface area contributed by atoms with Crippen LogP contribution in [0.2, 0.25) is 0 Å². The predicted octanol–water partition coefficient (Wildman–Crippen LogP) is 2.73. The third kappa shape index (κ3) is 1.97. The highest BCUT2D eigenvalue weighted by Crippen LogP contribution is 2.36.